The Morgan fingerprint density at radius 2 is 0.870 bits per heavy atom. The number of hydrogen-bond donors (Lipinski definition) is 2. The summed E-state index contributed by atoms with van der Waals surface area (Å²) in [7, 11) is 4.93. The lowest BCUT2D eigenvalue weighted by molar-refractivity contribution is -0.187. The summed E-state index contributed by atoms with van der Waals surface area (Å²) in [6.45, 7) is 0. The topological polar surface area (TPSA) is 130 Å². The largest absolute Gasteiger partial charge is 0.491 e. The van der Waals surface area contributed by atoms with E-state index in [1.165, 1.54) is 28.4 Å². The van der Waals surface area contributed by atoms with Crippen LogP contribution in [0.4, 0.5) is 26.3 Å². The number of methoxy groups -OCH3 is 4. The lowest BCUT2D eigenvalue weighted by Crippen LogP contribution is -2.40. The van der Waals surface area contributed by atoms with Gasteiger partial charge in [-0.15, -0.1) is 0 Å². The summed E-state index contributed by atoms with van der Waals surface area (Å²) in [6.07, 6.45) is -13.8. The Bertz CT molecular complexity index is 1520. The predicted molar refractivity (Wildman–Crippen MR) is 151 cm³/mol. The van der Waals surface area contributed by atoms with E-state index < -0.39 is 59.1 Å². The van der Waals surface area contributed by atoms with Crippen molar-refractivity contribution in [1.29, 1.82) is 0 Å². The third kappa shape index (κ3) is 6.75. The van der Waals surface area contributed by atoms with Crippen LogP contribution in [0.2, 0.25) is 20.1 Å². The summed E-state index contributed by atoms with van der Waals surface area (Å²) in [5.74, 6) is -4.78. The zero-order valence-electron chi connectivity index (χ0n) is 23.2. The smallest absolute Gasteiger partial charge is 0.430 e. The van der Waals surface area contributed by atoms with Crippen LogP contribution in [0.25, 0.3) is 12.2 Å². The first kappa shape index (κ1) is 36.9. The highest BCUT2D eigenvalue weighted by Gasteiger charge is 2.51. The van der Waals surface area contributed by atoms with E-state index in [4.69, 9.17) is 85.0 Å². The fraction of sp³-hybridized carbons (Fsp3) is 0.308. The van der Waals surface area contributed by atoms with Gasteiger partial charge in [-0.3, -0.25) is 0 Å². The number of carbonyl (C=O) groups is 2. The summed E-state index contributed by atoms with van der Waals surface area (Å²) in [6, 6.07) is 0. The molecule has 2 atom stereocenters. The zero-order chi connectivity index (χ0) is 35.0. The van der Waals surface area contributed by atoms with Crippen LogP contribution < -0.4 is 28.4 Å². The average Bonchev–Trinajstić information content (AvgIpc) is 2.98. The summed E-state index contributed by atoms with van der Waals surface area (Å²) < 4.78 is 108. The van der Waals surface area contributed by atoms with Gasteiger partial charge in [0.05, 0.1) is 49.6 Å². The second-order valence-electron chi connectivity index (χ2n) is 8.76. The maximum Gasteiger partial charge on any atom is 0.430 e. The number of ether oxygens (including phenoxy) is 6. The Kier molecular flexibility index (Phi) is 10.9. The molecule has 2 aliphatic heterocycles. The van der Waals surface area contributed by atoms with Crippen LogP contribution in [-0.2, 0) is 9.59 Å². The quantitative estimate of drug-likeness (QED) is 0.285. The normalized spacial score (nSPS) is 17.0. The van der Waals surface area contributed by atoms with E-state index in [0.29, 0.717) is 0 Å². The van der Waals surface area contributed by atoms with E-state index in [2.05, 4.69) is 0 Å². The molecule has 0 aromatic heterocycles. The predicted octanol–water partition coefficient (Wildman–Crippen LogP) is 7.60. The lowest BCUT2D eigenvalue weighted by atomic mass is 10.0. The molecule has 10 nitrogen and oxygen atoms in total. The number of hydrogen-bond acceptors (Lipinski definition) is 8. The molecule has 0 aliphatic carbocycles. The zero-order valence-corrected chi connectivity index (χ0v) is 26.3. The SMILES string of the molecule is COc1c(Cl)c2c(c(Cl)c1OC)OC(C(F)(F)F)C(C(=O)O)=C2.COc1c(Cl)c2c(c(Cl)c1OC)OC(C(F)(F)F)C(C(=O)O)=C2. The fourth-order valence-corrected chi connectivity index (χ4v) is 5.39. The minimum Gasteiger partial charge on any atom is -0.491 e. The van der Waals surface area contributed by atoms with Gasteiger partial charge in [-0.05, 0) is 12.2 Å². The van der Waals surface area contributed by atoms with Crippen molar-refractivity contribution in [3.8, 4) is 34.5 Å². The number of alkyl halides is 6. The molecule has 2 aromatic carbocycles. The number of aliphatic carboxylic acids is 2. The third-order valence-corrected chi connectivity index (χ3v) is 7.55. The minimum atomic E-state index is -4.95. The van der Waals surface area contributed by atoms with E-state index >= 15 is 0 Å². The first-order valence-corrected chi connectivity index (χ1v) is 13.4. The first-order chi connectivity index (χ1) is 21.3. The Hall–Kier alpha value is -3.60. The van der Waals surface area contributed by atoms with Crippen LogP contribution in [0.15, 0.2) is 11.1 Å². The Labute approximate surface area is 274 Å². The van der Waals surface area contributed by atoms with E-state index in [1.807, 2.05) is 0 Å². The van der Waals surface area contributed by atoms with Gasteiger partial charge in [0.25, 0.3) is 0 Å². The van der Waals surface area contributed by atoms with Crippen molar-refractivity contribution in [2.45, 2.75) is 24.6 Å². The summed E-state index contributed by atoms with van der Waals surface area (Å²) in [5.41, 5.74) is -2.30. The Morgan fingerprint density at radius 1 is 0.609 bits per heavy atom. The van der Waals surface area contributed by atoms with E-state index in [9.17, 15) is 35.9 Å². The van der Waals surface area contributed by atoms with Crippen LogP contribution >= 0.6 is 46.4 Å². The summed E-state index contributed by atoms with van der Waals surface area (Å²) in [4.78, 5) is 22.2. The monoisotopic (exact) mass is 744 g/mol. The van der Waals surface area contributed by atoms with Gasteiger partial charge in [-0.2, -0.15) is 26.3 Å². The molecule has 2 aromatic rings. The van der Waals surface area contributed by atoms with Gasteiger partial charge in [0.1, 0.15) is 10.0 Å². The van der Waals surface area contributed by atoms with Crippen molar-refractivity contribution >= 4 is 70.5 Å². The van der Waals surface area contributed by atoms with E-state index in [-0.39, 0.29) is 54.2 Å². The number of carboxylic acids is 2. The molecule has 0 spiro atoms. The maximum atomic E-state index is 13.0. The third-order valence-electron chi connectivity index (χ3n) is 6.11. The molecular weight excluding hydrogens is 728 g/mol. The second-order valence-corrected chi connectivity index (χ2v) is 10.3. The number of benzene rings is 2. The highest BCUT2D eigenvalue weighted by molar-refractivity contribution is 6.39. The van der Waals surface area contributed by atoms with E-state index in [0.717, 1.165) is 12.2 Å². The molecule has 2 N–H and O–H groups in total. The maximum absolute atomic E-state index is 13.0. The molecule has 0 saturated carbocycles. The van der Waals surface area contributed by atoms with E-state index in [1.54, 1.807) is 0 Å². The summed E-state index contributed by atoms with van der Waals surface area (Å²) >= 11 is 24.1. The Morgan fingerprint density at radius 3 is 1.09 bits per heavy atom. The molecule has 0 fully saturated rings. The highest BCUT2D eigenvalue weighted by Crippen LogP contribution is 2.54. The molecule has 0 radical (unpaired) electrons. The van der Waals surface area contributed by atoms with Crippen molar-refractivity contribution in [2.24, 2.45) is 0 Å². The van der Waals surface area contributed by atoms with Crippen LogP contribution in [0, 0.1) is 0 Å². The first-order valence-electron chi connectivity index (χ1n) is 11.9. The van der Waals surface area contributed by atoms with Crippen molar-refractivity contribution < 1.29 is 74.6 Å². The van der Waals surface area contributed by atoms with Gasteiger partial charge in [-0.1, -0.05) is 46.4 Å². The van der Waals surface area contributed by atoms with Gasteiger partial charge in [0, 0.05) is 11.1 Å². The fourth-order valence-electron chi connectivity index (χ4n) is 4.16. The van der Waals surface area contributed by atoms with Crippen molar-refractivity contribution in [2.75, 3.05) is 28.4 Å². The molecule has 46 heavy (non-hydrogen) atoms. The standard InChI is InChI=1S/2C13H9Cl2F3O5/c2*1-21-9-6(14)4-3-5(12(19)20)11(13(16,17)18)23-8(4)7(15)10(9)22-2/h2*3,11H,1-2H3,(H,19,20). The van der Waals surface area contributed by atoms with Crippen LogP contribution in [0.5, 0.6) is 34.5 Å². The highest BCUT2D eigenvalue weighted by atomic mass is 35.5. The van der Waals surface area contributed by atoms with Crippen molar-refractivity contribution in [1.82, 2.24) is 0 Å². The second kappa shape index (κ2) is 13.6. The van der Waals surface area contributed by atoms with Gasteiger partial charge < -0.3 is 38.6 Å². The van der Waals surface area contributed by atoms with Crippen LogP contribution in [0.1, 0.15) is 11.1 Å². The van der Waals surface area contributed by atoms with Crippen LogP contribution in [0.3, 0.4) is 0 Å². The molecule has 0 amide bonds. The number of fused-ring (bicyclic) bond motifs is 2. The van der Waals surface area contributed by atoms with Gasteiger partial charge in [0.2, 0.25) is 12.2 Å². The molecule has 0 saturated heterocycles. The number of halogens is 10. The molecule has 252 valence electrons. The Balaban J connectivity index is 0.000000250. The molecule has 0 bridgehead atoms. The minimum absolute atomic E-state index is 0.0482. The molecule has 2 unspecified atom stereocenters. The van der Waals surface area contributed by atoms with Crippen molar-refractivity contribution in [3.05, 3.63) is 42.4 Å². The number of rotatable bonds is 6. The molecule has 20 heteroatoms. The number of carboxylic acid groups (broad SMARTS) is 2. The van der Waals surface area contributed by atoms with Gasteiger partial charge in [0.15, 0.2) is 34.5 Å². The summed E-state index contributed by atoms with van der Waals surface area (Å²) in [5, 5.41) is 17.0. The average molecular weight is 746 g/mol. The van der Waals surface area contributed by atoms with Gasteiger partial charge in [-0.25, -0.2) is 9.59 Å². The van der Waals surface area contributed by atoms with Crippen molar-refractivity contribution in [3.63, 3.8) is 0 Å². The molecule has 2 heterocycles. The molecular formula is C26H18Cl4F6O10. The lowest BCUT2D eigenvalue weighted by Gasteiger charge is -2.29. The molecule has 4 rings (SSSR count). The van der Waals surface area contributed by atoms with Gasteiger partial charge >= 0.3 is 24.3 Å². The van der Waals surface area contributed by atoms with Crippen LogP contribution in [-0.4, -0.2) is 75.2 Å². The molecule has 2 aliphatic rings.